The molecule has 7 atom stereocenters. The van der Waals surface area contributed by atoms with Crippen molar-refractivity contribution in [3.8, 4) is 0 Å². The van der Waals surface area contributed by atoms with Gasteiger partial charge in [0.15, 0.2) is 6.29 Å². The lowest BCUT2D eigenvalue weighted by atomic mass is 9.99. The molecule has 1 aliphatic rings. The molecule has 0 saturated carbocycles. The third kappa shape index (κ3) is 34.5. The molecule has 6 N–H and O–H groups in total. The van der Waals surface area contributed by atoms with Gasteiger partial charge < -0.3 is 40.3 Å². The normalized spacial score (nSPS) is 20.4. The van der Waals surface area contributed by atoms with Gasteiger partial charge in [0.25, 0.3) is 0 Å². The summed E-state index contributed by atoms with van der Waals surface area (Å²) in [6.45, 7) is 3.76. The van der Waals surface area contributed by atoms with E-state index in [0.717, 1.165) is 51.4 Å². The van der Waals surface area contributed by atoms with E-state index in [0.29, 0.717) is 6.42 Å². The van der Waals surface area contributed by atoms with Crippen molar-refractivity contribution in [1.29, 1.82) is 0 Å². The average molecular weight is 904 g/mol. The fourth-order valence-electron chi connectivity index (χ4n) is 8.30. The van der Waals surface area contributed by atoms with Gasteiger partial charge in [0.05, 0.1) is 25.4 Å². The maximum absolute atomic E-state index is 13.0. The number of allylic oxidation sites excluding steroid dienone is 7. The summed E-state index contributed by atoms with van der Waals surface area (Å²) < 4.78 is 11.2. The first-order valence-electron chi connectivity index (χ1n) is 26.9. The maximum atomic E-state index is 13.0. The van der Waals surface area contributed by atoms with Gasteiger partial charge in [-0.3, -0.25) is 4.79 Å². The topological polar surface area (TPSA) is 149 Å². The second-order valence-electron chi connectivity index (χ2n) is 18.6. The summed E-state index contributed by atoms with van der Waals surface area (Å²) in [6.07, 6.45) is 51.7. The largest absolute Gasteiger partial charge is 0.394 e. The Morgan fingerprint density at radius 1 is 0.516 bits per heavy atom. The Morgan fingerprint density at radius 2 is 0.891 bits per heavy atom. The molecule has 0 aliphatic carbocycles. The Hall–Kier alpha value is -1.85. The van der Waals surface area contributed by atoms with E-state index in [1.54, 1.807) is 6.08 Å². The summed E-state index contributed by atoms with van der Waals surface area (Å²) in [5.41, 5.74) is 0. The van der Waals surface area contributed by atoms with Gasteiger partial charge in [0.2, 0.25) is 5.91 Å². The van der Waals surface area contributed by atoms with Crippen molar-refractivity contribution in [2.75, 3.05) is 13.2 Å². The number of unbranched alkanes of at least 4 members (excludes halogenated alkanes) is 29. The zero-order chi connectivity index (χ0) is 46.6. The first-order valence-corrected chi connectivity index (χ1v) is 26.9. The van der Waals surface area contributed by atoms with Crippen LogP contribution in [-0.2, 0) is 14.3 Å². The minimum atomic E-state index is -1.58. The molecule has 374 valence electrons. The molecule has 1 fully saturated rings. The van der Waals surface area contributed by atoms with Crippen LogP contribution in [0.15, 0.2) is 48.6 Å². The molecular weight excluding hydrogens is 803 g/mol. The van der Waals surface area contributed by atoms with Gasteiger partial charge in [0, 0.05) is 6.42 Å². The van der Waals surface area contributed by atoms with Crippen molar-refractivity contribution in [1.82, 2.24) is 5.32 Å². The number of aliphatic hydroxyl groups is 5. The predicted molar refractivity (Wildman–Crippen MR) is 267 cm³/mol. The highest BCUT2D eigenvalue weighted by molar-refractivity contribution is 5.76. The number of ether oxygens (including phenoxy) is 2. The quantitative estimate of drug-likeness (QED) is 0.0261. The Labute approximate surface area is 393 Å². The number of carbonyl (C=O) groups is 1. The van der Waals surface area contributed by atoms with Crippen LogP contribution in [0.5, 0.6) is 0 Å². The molecule has 0 aromatic rings. The number of rotatable bonds is 45. The highest BCUT2D eigenvalue weighted by Gasteiger charge is 2.44. The van der Waals surface area contributed by atoms with Crippen LogP contribution in [0.3, 0.4) is 0 Å². The molecule has 1 aliphatic heterocycles. The van der Waals surface area contributed by atoms with Crippen LogP contribution in [0.2, 0.25) is 0 Å². The summed E-state index contributed by atoms with van der Waals surface area (Å²) in [5.74, 6) is -0.193. The first kappa shape index (κ1) is 60.2. The standard InChI is InChI=1S/C55H101NO8/c1-3-5-7-9-11-13-15-17-19-21-22-23-24-25-26-27-29-31-33-35-37-39-41-43-45-51(59)56-48(47-63-55-54(62)53(61)52(60)50(46-57)64-55)49(58)44-42-40-38-36-34-32-30-28-20-18-16-14-12-10-8-6-4-2/h20,25-26,28,34,36,42,44,48-50,52-55,57-58,60-62H,3-19,21-24,27,29-33,35,37-41,43,45-47H2,1-2H3,(H,56,59)/b26-25-,28-20+,36-34+,44-42+. The van der Waals surface area contributed by atoms with Gasteiger partial charge in [0.1, 0.15) is 24.4 Å². The monoisotopic (exact) mass is 904 g/mol. The van der Waals surface area contributed by atoms with Crippen LogP contribution in [-0.4, -0.2) is 87.5 Å². The van der Waals surface area contributed by atoms with Crippen LogP contribution in [0, 0.1) is 0 Å². The first-order chi connectivity index (χ1) is 31.3. The van der Waals surface area contributed by atoms with Gasteiger partial charge in [-0.1, -0.05) is 210 Å². The molecule has 9 heteroatoms. The molecule has 64 heavy (non-hydrogen) atoms. The average Bonchev–Trinajstić information content (AvgIpc) is 3.29. The van der Waals surface area contributed by atoms with Crippen molar-refractivity contribution in [2.45, 2.75) is 281 Å². The molecule has 9 nitrogen and oxygen atoms in total. The molecule has 0 aromatic heterocycles. The summed E-state index contributed by atoms with van der Waals surface area (Å²) in [7, 11) is 0. The SMILES string of the molecule is CCCCCCCCC/C=C/CC/C=C/CC/C=C/C(O)C(COC1OC(CO)C(O)C(O)C1O)NC(=O)CCCCCCCCCC/C=C\CCCCCCCCCCCCCC. The second-order valence-corrected chi connectivity index (χ2v) is 18.6. The third-order valence-electron chi connectivity index (χ3n) is 12.6. The Morgan fingerprint density at radius 3 is 1.31 bits per heavy atom. The fraction of sp³-hybridized carbons (Fsp3) is 0.836. The lowest BCUT2D eigenvalue weighted by molar-refractivity contribution is -0.302. The van der Waals surface area contributed by atoms with Crippen molar-refractivity contribution in [3.05, 3.63) is 48.6 Å². The van der Waals surface area contributed by atoms with Crippen LogP contribution in [0.25, 0.3) is 0 Å². The summed E-state index contributed by atoms with van der Waals surface area (Å²) in [4.78, 5) is 13.0. The Bertz CT molecular complexity index is 1140. The second kappa shape index (κ2) is 45.0. The van der Waals surface area contributed by atoms with E-state index in [9.17, 15) is 30.3 Å². The van der Waals surface area contributed by atoms with Crippen molar-refractivity contribution in [3.63, 3.8) is 0 Å². The van der Waals surface area contributed by atoms with Crippen molar-refractivity contribution < 1.29 is 39.8 Å². The lowest BCUT2D eigenvalue weighted by Gasteiger charge is -2.40. The summed E-state index contributed by atoms with van der Waals surface area (Å²) >= 11 is 0. The Kier molecular flexibility index (Phi) is 42.3. The maximum Gasteiger partial charge on any atom is 0.220 e. The molecule has 1 amide bonds. The van der Waals surface area contributed by atoms with E-state index in [1.807, 2.05) is 6.08 Å². The van der Waals surface area contributed by atoms with Gasteiger partial charge in [-0.15, -0.1) is 0 Å². The molecule has 0 bridgehead atoms. The zero-order valence-electron chi connectivity index (χ0n) is 41.3. The number of hydrogen-bond acceptors (Lipinski definition) is 8. The van der Waals surface area contributed by atoms with Gasteiger partial charge in [-0.05, 0) is 70.6 Å². The van der Waals surface area contributed by atoms with E-state index in [-0.39, 0.29) is 12.5 Å². The van der Waals surface area contributed by atoms with E-state index < -0.39 is 49.5 Å². The van der Waals surface area contributed by atoms with E-state index in [2.05, 4.69) is 55.6 Å². The number of amides is 1. The molecule has 1 heterocycles. The smallest absolute Gasteiger partial charge is 0.220 e. The van der Waals surface area contributed by atoms with Crippen molar-refractivity contribution in [2.24, 2.45) is 0 Å². The molecule has 1 rings (SSSR count). The zero-order valence-corrected chi connectivity index (χ0v) is 41.3. The highest BCUT2D eigenvalue weighted by atomic mass is 16.7. The molecule has 0 aromatic carbocycles. The Balaban J connectivity index is 2.28. The van der Waals surface area contributed by atoms with E-state index in [1.165, 1.54) is 167 Å². The minimum absolute atomic E-state index is 0.193. The number of carbonyl (C=O) groups excluding carboxylic acids is 1. The predicted octanol–water partition coefficient (Wildman–Crippen LogP) is 12.6. The van der Waals surface area contributed by atoms with E-state index in [4.69, 9.17) is 9.47 Å². The van der Waals surface area contributed by atoms with Gasteiger partial charge in [-0.2, -0.15) is 0 Å². The minimum Gasteiger partial charge on any atom is -0.394 e. The summed E-state index contributed by atoms with van der Waals surface area (Å²) in [6, 6.07) is -0.830. The van der Waals surface area contributed by atoms with E-state index >= 15 is 0 Å². The van der Waals surface area contributed by atoms with Crippen molar-refractivity contribution >= 4 is 5.91 Å². The lowest BCUT2D eigenvalue weighted by Crippen LogP contribution is -2.60. The fourth-order valence-corrected chi connectivity index (χ4v) is 8.30. The highest BCUT2D eigenvalue weighted by Crippen LogP contribution is 2.23. The summed E-state index contributed by atoms with van der Waals surface area (Å²) in [5, 5.41) is 54.3. The third-order valence-corrected chi connectivity index (χ3v) is 12.6. The van der Waals surface area contributed by atoms with Crippen LogP contribution in [0.1, 0.15) is 239 Å². The van der Waals surface area contributed by atoms with Gasteiger partial charge in [-0.25, -0.2) is 0 Å². The molecule has 1 saturated heterocycles. The van der Waals surface area contributed by atoms with Gasteiger partial charge >= 0.3 is 0 Å². The van der Waals surface area contributed by atoms with Crippen LogP contribution >= 0.6 is 0 Å². The molecular formula is C55H101NO8. The van der Waals surface area contributed by atoms with Crippen LogP contribution in [0.4, 0.5) is 0 Å². The molecule has 0 spiro atoms. The number of nitrogens with one attached hydrogen (secondary N) is 1. The van der Waals surface area contributed by atoms with Crippen LogP contribution < -0.4 is 5.32 Å². The number of aliphatic hydroxyl groups excluding tert-OH is 5. The number of hydrogen-bond donors (Lipinski definition) is 6. The molecule has 7 unspecified atom stereocenters. The molecule has 0 radical (unpaired) electrons.